The molecule has 0 bridgehead atoms. The Labute approximate surface area is 127 Å². The number of carbonyl (C=O) groups excluding carboxylic acids is 1. The van der Waals surface area contributed by atoms with E-state index in [0.717, 1.165) is 10.0 Å². The first kappa shape index (κ1) is 16.5. The summed E-state index contributed by atoms with van der Waals surface area (Å²) in [6.07, 6.45) is 0. The lowest BCUT2D eigenvalue weighted by Gasteiger charge is -2.34. The Morgan fingerprint density at radius 2 is 1.85 bits per heavy atom. The summed E-state index contributed by atoms with van der Waals surface area (Å²) in [5, 5.41) is 11.9. The molecule has 0 aliphatic carbocycles. The molecular formula is C14H19BrN2O3. The van der Waals surface area contributed by atoms with Crippen molar-refractivity contribution in [3.8, 4) is 0 Å². The number of aliphatic carboxylic acids is 1. The average molecular weight is 343 g/mol. The van der Waals surface area contributed by atoms with Crippen LogP contribution in [0.2, 0.25) is 0 Å². The van der Waals surface area contributed by atoms with Crippen molar-refractivity contribution < 1.29 is 14.7 Å². The minimum Gasteiger partial charge on any atom is -0.480 e. The molecule has 1 aromatic rings. The van der Waals surface area contributed by atoms with E-state index < -0.39 is 11.5 Å². The summed E-state index contributed by atoms with van der Waals surface area (Å²) in [6.45, 7) is 5.46. The van der Waals surface area contributed by atoms with Gasteiger partial charge in [-0.3, -0.25) is 0 Å². The number of hydrogen-bond acceptors (Lipinski definition) is 2. The molecule has 1 rings (SSSR count). The Balaban J connectivity index is 2.69. The third-order valence-corrected chi connectivity index (χ3v) is 3.65. The molecule has 20 heavy (non-hydrogen) atoms. The summed E-state index contributed by atoms with van der Waals surface area (Å²) in [5.41, 5.74) is -0.288. The second-order valence-electron chi connectivity index (χ2n) is 4.89. The molecule has 0 atom stereocenters. The highest BCUT2D eigenvalue weighted by molar-refractivity contribution is 9.10. The van der Waals surface area contributed by atoms with Crippen molar-refractivity contribution >= 4 is 27.9 Å². The molecule has 5 nitrogen and oxygen atoms in total. The predicted octanol–water partition coefficient (Wildman–Crippen LogP) is 2.84. The molecule has 0 aliphatic heterocycles. The summed E-state index contributed by atoms with van der Waals surface area (Å²) in [7, 11) is 0. The van der Waals surface area contributed by atoms with Gasteiger partial charge >= 0.3 is 12.0 Å². The van der Waals surface area contributed by atoms with Crippen LogP contribution < -0.4 is 5.32 Å². The van der Waals surface area contributed by atoms with Gasteiger partial charge < -0.3 is 15.3 Å². The number of carboxylic acid groups (broad SMARTS) is 1. The first-order valence-electron chi connectivity index (χ1n) is 6.32. The summed E-state index contributed by atoms with van der Waals surface area (Å²) in [6, 6.07) is 7.18. The van der Waals surface area contributed by atoms with E-state index in [-0.39, 0.29) is 6.03 Å². The number of benzene rings is 1. The number of nitrogens with one attached hydrogen (secondary N) is 1. The fourth-order valence-electron chi connectivity index (χ4n) is 1.78. The Bertz CT molecular complexity index is 486. The number of carbonyl (C=O) groups is 2. The third-order valence-electron chi connectivity index (χ3n) is 3.12. The van der Waals surface area contributed by atoms with Gasteiger partial charge in [0.05, 0.1) is 0 Å². The van der Waals surface area contributed by atoms with Crippen LogP contribution in [0, 0.1) is 0 Å². The molecule has 6 heteroatoms. The van der Waals surface area contributed by atoms with Crippen molar-refractivity contribution in [2.24, 2.45) is 0 Å². The standard InChI is InChI=1S/C14H19BrN2O3/c1-4-17(14(2,3)12(18)19)13(20)16-9-10-5-7-11(15)8-6-10/h5-8H,4,9H2,1-3H3,(H,16,20)(H,18,19). The van der Waals surface area contributed by atoms with E-state index in [1.807, 2.05) is 24.3 Å². The summed E-state index contributed by atoms with van der Waals surface area (Å²) in [5.74, 6) is -1.03. The minimum absolute atomic E-state index is 0.325. The maximum atomic E-state index is 12.1. The second kappa shape index (κ2) is 6.74. The molecule has 0 fully saturated rings. The summed E-state index contributed by atoms with van der Waals surface area (Å²) >= 11 is 3.34. The van der Waals surface area contributed by atoms with Gasteiger partial charge in [0.1, 0.15) is 5.54 Å². The van der Waals surface area contributed by atoms with E-state index >= 15 is 0 Å². The Morgan fingerprint density at radius 1 is 1.30 bits per heavy atom. The molecule has 0 aliphatic rings. The lowest BCUT2D eigenvalue weighted by Crippen LogP contribution is -2.55. The molecule has 0 aromatic heterocycles. The number of hydrogen-bond donors (Lipinski definition) is 2. The number of halogens is 1. The van der Waals surface area contributed by atoms with Gasteiger partial charge in [-0.25, -0.2) is 9.59 Å². The Kier molecular flexibility index (Phi) is 5.56. The van der Waals surface area contributed by atoms with Crippen molar-refractivity contribution in [3.63, 3.8) is 0 Å². The van der Waals surface area contributed by atoms with Crippen molar-refractivity contribution in [3.05, 3.63) is 34.3 Å². The zero-order valence-electron chi connectivity index (χ0n) is 11.8. The molecule has 0 saturated carbocycles. The number of carboxylic acids is 1. The molecule has 2 amide bonds. The maximum absolute atomic E-state index is 12.1. The topological polar surface area (TPSA) is 69.6 Å². The van der Waals surface area contributed by atoms with Crippen LogP contribution in [0.4, 0.5) is 4.79 Å². The molecule has 0 heterocycles. The highest BCUT2D eigenvalue weighted by Gasteiger charge is 2.36. The van der Waals surface area contributed by atoms with Gasteiger partial charge in [0.15, 0.2) is 0 Å². The van der Waals surface area contributed by atoms with Gasteiger partial charge in [0.25, 0.3) is 0 Å². The quantitative estimate of drug-likeness (QED) is 0.864. The SMILES string of the molecule is CCN(C(=O)NCc1ccc(Br)cc1)C(C)(C)C(=O)O. The van der Waals surface area contributed by atoms with E-state index in [1.54, 1.807) is 6.92 Å². The highest BCUT2D eigenvalue weighted by atomic mass is 79.9. The fraction of sp³-hybridized carbons (Fsp3) is 0.429. The average Bonchev–Trinajstić information content (AvgIpc) is 2.38. The fourth-order valence-corrected chi connectivity index (χ4v) is 2.05. The van der Waals surface area contributed by atoms with Gasteiger partial charge in [-0.15, -0.1) is 0 Å². The molecule has 0 radical (unpaired) electrons. The normalized spacial score (nSPS) is 11.0. The third kappa shape index (κ3) is 3.96. The van der Waals surface area contributed by atoms with E-state index in [9.17, 15) is 14.7 Å². The lowest BCUT2D eigenvalue weighted by atomic mass is 10.0. The Hall–Kier alpha value is -1.56. The van der Waals surface area contributed by atoms with Crippen molar-refractivity contribution in [2.45, 2.75) is 32.9 Å². The highest BCUT2D eigenvalue weighted by Crippen LogP contribution is 2.15. The minimum atomic E-state index is -1.24. The maximum Gasteiger partial charge on any atom is 0.329 e. The van der Waals surface area contributed by atoms with Gasteiger partial charge in [-0.1, -0.05) is 28.1 Å². The zero-order chi connectivity index (χ0) is 15.3. The van der Waals surface area contributed by atoms with Crippen LogP contribution in [0.1, 0.15) is 26.3 Å². The van der Waals surface area contributed by atoms with Crippen molar-refractivity contribution in [1.29, 1.82) is 0 Å². The van der Waals surface area contributed by atoms with E-state index in [2.05, 4.69) is 21.2 Å². The molecule has 0 unspecified atom stereocenters. The molecule has 0 saturated heterocycles. The van der Waals surface area contributed by atoms with Crippen molar-refractivity contribution in [1.82, 2.24) is 10.2 Å². The van der Waals surface area contributed by atoms with Crippen LogP contribution in [0.15, 0.2) is 28.7 Å². The van der Waals surface area contributed by atoms with Gasteiger partial charge in [-0.2, -0.15) is 0 Å². The smallest absolute Gasteiger partial charge is 0.329 e. The van der Waals surface area contributed by atoms with Gasteiger partial charge in [-0.05, 0) is 38.5 Å². The number of urea groups is 1. The van der Waals surface area contributed by atoms with E-state index in [4.69, 9.17) is 0 Å². The monoisotopic (exact) mass is 342 g/mol. The molecular weight excluding hydrogens is 324 g/mol. The van der Waals surface area contributed by atoms with Crippen molar-refractivity contribution in [2.75, 3.05) is 6.54 Å². The van der Waals surface area contributed by atoms with Crippen LogP contribution in [0.5, 0.6) is 0 Å². The van der Waals surface area contributed by atoms with Crippen LogP contribution >= 0.6 is 15.9 Å². The molecule has 0 spiro atoms. The summed E-state index contributed by atoms with van der Waals surface area (Å²) < 4.78 is 0.967. The first-order chi connectivity index (χ1) is 9.28. The predicted molar refractivity (Wildman–Crippen MR) is 80.5 cm³/mol. The lowest BCUT2D eigenvalue weighted by molar-refractivity contribution is -0.147. The Morgan fingerprint density at radius 3 is 2.30 bits per heavy atom. The summed E-state index contributed by atoms with van der Waals surface area (Å²) in [4.78, 5) is 24.6. The van der Waals surface area contributed by atoms with Gasteiger partial charge in [0.2, 0.25) is 0 Å². The largest absolute Gasteiger partial charge is 0.480 e. The number of likely N-dealkylation sites (N-methyl/N-ethyl adjacent to an activating group) is 1. The number of amides is 2. The molecule has 2 N–H and O–H groups in total. The van der Waals surface area contributed by atoms with Crippen LogP contribution in [0.25, 0.3) is 0 Å². The van der Waals surface area contributed by atoms with Crippen LogP contribution in [-0.4, -0.2) is 34.1 Å². The molecule has 110 valence electrons. The first-order valence-corrected chi connectivity index (χ1v) is 7.11. The number of rotatable bonds is 5. The van der Waals surface area contributed by atoms with E-state index in [0.29, 0.717) is 13.1 Å². The molecule has 1 aromatic carbocycles. The zero-order valence-corrected chi connectivity index (χ0v) is 13.4. The van der Waals surface area contributed by atoms with E-state index in [1.165, 1.54) is 18.7 Å². The van der Waals surface area contributed by atoms with Crippen LogP contribution in [-0.2, 0) is 11.3 Å². The van der Waals surface area contributed by atoms with Crippen LogP contribution in [0.3, 0.4) is 0 Å². The number of nitrogens with zero attached hydrogens (tertiary/aromatic N) is 1. The second-order valence-corrected chi connectivity index (χ2v) is 5.81. The van der Waals surface area contributed by atoms with Gasteiger partial charge in [0, 0.05) is 17.6 Å².